The fourth-order valence-corrected chi connectivity index (χ4v) is 0.463. The maximum absolute atomic E-state index is 8.85. The summed E-state index contributed by atoms with van der Waals surface area (Å²) >= 11 is 0. The Kier molecular flexibility index (Phi) is 3.13. The van der Waals surface area contributed by atoms with Crippen LogP contribution in [0.3, 0.4) is 0 Å². The Morgan fingerprint density at radius 1 is 1.60 bits per heavy atom. The summed E-state index contributed by atoms with van der Waals surface area (Å²) in [7, 11) is 0. The third-order valence-electron chi connectivity index (χ3n) is 0.854. The summed E-state index contributed by atoms with van der Waals surface area (Å²) in [4.78, 5) is 0. The lowest BCUT2D eigenvalue weighted by atomic mass is 10.2. The highest BCUT2D eigenvalue weighted by atomic mass is 16.3. The van der Waals surface area contributed by atoms with E-state index in [4.69, 9.17) is 17.3 Å². The number of hydrogen-bond acceptors (Lipinski definition) is 2. The molecule has 0 heterocycles. The summed E-state index contributed by atoms with van der Waals surface area (Å²) in [5, 5.41) is 8.85. The lowest BCUT2D eigenvalue weighted by Gasteiger charge is -1.94. The van der Waals surface area contributed by atoms with E-state index in [9.17, 15) is 0 Å². The van der Waals surface area contributed by atoms with E-state index in [0.29, 0.717) is 0 Å². The average Bonchev–Trinajstić information content (AvgIpc) is 1.85. The first kappa shape index (κ1) is 8.64. The molecule has 0 bridgehead atoms. The maximum atomic E-state index is 8.85. The number of hydrogen-bond donors (Lipinski definition) is 2. The summed E-state index contributed by atoms with van der Waals surface area (Å²) in [6.45, 7) is 3.74. The zero-order valence-electron chi connectivity index (χ0n) is 6.18. The highest BCUT2D eigenvalue weighted by molar-refractivity contribution is 5.30. The first-order chi connectivity index (χ1) is 4.57. The largest absolute Gasteiger partial charge is 0.499 e. The number of aliphatic hydroxyl groups is 1. The zero-order valence-corrected chi connectivity index (χ0v) is 6.18. The molecule has 0 amide bonds. The Hall–Kier alpha value is -1.36. The van der Waals surface area contributed by atoms with Crippen molar-refractivity contribution < 1.29 is 5.11 Å². The minimum atomic E-state index is -0.207. The van der Waals surface area contributed by atoms with Crippen molar-refractivity contribution in [3.8, 4) is 12.3 Å². The lowest BCUT2D eigenvalue weighted by Crippen LogP contribution is -1.98. The second-order valence-electron chi connectivity index (χ2n) is 2.17. The van der Waals surface area contributed by atoms with E-state index in [1.165, 1.54) is 0 Å². The molecular formula is C8H11NO. The number of allylic oxidation sites excluding steroid dienone is 3. The van der Waals surface area contributed by atoms with E-state index in [2.05, 4.69) is 0 Å². The van der Waals surface area contributed by atoms with Gasteiger partial charge in [0.15, 0.2) is 5.76 Å². The molecule has 2 heteroatoms. The fraction of sp³-hybridized carbons (Fsp3) is 0.250. The van der Waals surface area contributed by atoms with Gasteiger partial charge in [0.1, 0.15) is 0 Å². The Morgan fingerprint density at radius 2 is 2.10 bits per heavy atom. The monoisotopic (exact) mass is 137 g/mol. The van der Waals surface area contributed by atoms with Crippen LogP contribution in [0.2, 0.25) is 0 Å². The van der Waals surface area contributed by atoms with Gasteiger partial charge in [0, 0.05) is 0 Å². The predicted molar refractivity (Wildman–Crippen MR) is 42.1 cm³/mol. The van der Waals surface area contributed by atoms with Gasteiger partial charge in [-0.1, -0.05) is 5.57 Å². The molecule has 0 radical (unpaired) electrons. The van der Waals surface area contributed by atoms with E-state index in [0.717, 1.165) is 5.57 Å². The zero-order chi connectivity index (χ0) is 8.15. The van der Waals surface area contributed by atoms with E-state index in [-0.39, 0.29) is 11.5 Å². The van der Waals surface area contributed by atoms with Crippen LogP contribution in [0.5, 0.6) is 0 Å². The highest BCUT2D eigenvalue weighted by Crippen LogP contribution is 1.98. The normalized spacial score (nSPS) is 11.3. The van der Waals surface area contributed by atoms with E-state index in [1.54, 1.807) is 6.08 Å². The van der Waals surface area contributed by atoms with Crippen molar-refractivity contribution >= 4 is 0 Å². The van der Waals surface area contributed by atoms with E-state index < -0.39 is 0 Å². The van der Waals surface area contributed by atoms with Gasteiger partial charge in [-0.05, 0) is 25.8 Å². The third kappa shape index (κ3) is 2.83. The van der Waals surface area contributed by atoms with Crippen LogP contribution in [-0.4, -0.2) is 5.11 Å². The number of aliphatic hydroxyl groups excluding tert-OH is 1. The summed E-state index contributed by atoms with van der Waals surface area (Å²) in [5.41, 5.74) is 6.58. The minimum absolute atomic E-state index is 0.207. The molecule has 0 unspecified atom stereocenters. The van der Waals surface area contributed by atoms with Crippen LogP contribution in [-0.2, 0) is 0 Å². The SMILES string of the molecule is C#C/C(O)=C(/N)C=C(C)C. The van der Waals surface area contributed by atoms with Gasteiger partial charge in [0.05, 0.1) is 5.70 Å². The van der Waals surface area contributed by atoms with Gasteiger partial charge < -0.3 is 10.8 Å². The van der Waals surface area contributed by atoms with Crippen molar-refractivity contribution in [2.24, 2.45) is 5.73 Å². The van der Waals surface area contributed by atoms with Crippen LogP contribution in [0.4, 0.5) is 0 Å². The van der Waals surface area contributed by atoms with Crippen LogP contribution in [0.1, 0.15) is 13.8 Å². The third-order valence-corrected chi connectivity index (χ3v) is 0.854. The Morgan fingerprint density at radius 3 is 2.40 bits per heavy atom. The number of nitrogens with two attached hydrogens (primary N) is 1. The lowest BCUT2D eigenvalue weighted by molar-refractivity contribution is 0.433. The smallest absolute Gasteiger partial charge is 0.190 e. The number of rotatable bonds is 1. The first-order valence-electron chi connectivity index (χ1n) is 2.88. The Labute approximate surface area is 61.0 Å². The molecule has 0 aliphatic heterocycles. The molecule has 0 spiro atoms. The molecule has 2 nitrogen and oxygen atoms in total. The second-order valence-corrected chi connectivity index (χ2v) is 2.17. The quantitative estimate of drug-likeness (QED) is 0.325. The molecule has 0 aliphatic carbocycles. The minimum Gasteiger partial charge on any atom is -0.499 e. The van der Waals surface area contributed by atoms with Crippen molar-refractivity contribution in [2.45, 2.75) is 13.8 Å². The van der Waals surface area contributed by atoms with Gasteiger partial charge >= 0.3 is 0 Å². The number of terminal acetylenes is 1. The standard InChI is InChI=1S/C8H11NO/c1-4-8(10)7(9)5-6(2)3/h1,5,10H,9H2,2-3H3/b8-7-. The predicted octanol–water partition coefficient (Wildman–Crippen LogP) is 1.31. The molecule has 0 aromatic carbocycles. The van der Waals surface area contributed by atoms with Crippen LogP contribution in [0.15, 0.2) is 23.1 Å². The highest BCUT2D eigenvalue weighted by Gasteiger charge is 1.91. The molecule has 54 valence electrons. The van der Waals surface area contributed by atoms with Gasteiger partial charge in [-0.2, -0.15) is 0 Å². The van der Waals surface area contributed by atoms with Gasteiger partial charge in [-0.25, -0.2) is 0 Å². The average molecular weight is 137 g/mol. The van der Waals surface area contributed by atoms with Crippen molar-refractivity contribution in [1.82, 2.24) is 0 Å². The molecule has 0 saturated heterocycles. The van der Waals surface area contributed by atoms with Gasteiger partial charge in [0.25, 0.3) is 0 Å². The molecule has 3 N–H and O–H groups in total. The molecule has 0 saturated carbocycles. The van der Waals surface area contributed by atoms with Crippen molar-refractivity contribution in [1.29, 1.82) is 0 Å². The fourth-order valence-electron chi connectivity index (χ4n) is 0.463. The van der Waals surface area contributed by atoms with Crippen molar-refractivity contribution in [3.63, 3.8) is 0 Å². The van der Waals surface area contributed by atoms with Gasteiger partial charge in [0.2, 0.25) is 0 Å². The summed E-state index contributed by atoms with van der Waals surface area (Å²) in [6, 6.07) is 0. The van der Waals surface area contributed by atoms with Gasteiger partial charge in [-0.15, -0.1) is 6.42 Å². The van der Waals surface area contributed by atoms with Crippen LogP contribution >= 0.6 is 0 Å². The summed E-state index contributed by atoms with van der Waals surface area (Å²) in [5.74, 6) is 1.83. The maximum Gasteiger partial charge on any atom is 0.190 e. The topological polar surface area (TPSA) is 46.2 Å². The molecule has 0 aromatic rings. The van der Waals surface area contributed by atoms with E-state index >= 15 is 0 Å². The summed E-state index contributed by atoms with van der Waals surface area (Å²) < 4.78 is 0. The van der Waals surface area contributed by atoms with Crippen molar-refractivity contribution in [3.05, 3.63) is 23.1 Å². The molecule has 0 fully saturated rings. The van der Waals surface area contributed by atoms with Gasteiger partial charge in [-0.3, -0.25) is 0 Å². The molecule has 10 heavy (non-hydrogen) atoms. The molecule has 0 aliphatic rings. The Balaban J connectivity index is 4.54. The Bertz CT molecular complexity index is 214. The first-order valence-corrected chi connectivity index (χ1v) is 2.88. The molecule has 0 aromatic heterocycles. The molecule has 0 atom stereocenters. The molecule has 0 rings (SSSR count). The van der Waals surface area contributed by atoms with E-state index in [1.807, 2.05) is 19.8 Å². The summed E-state index contributed by atoms with van der Waals surface area (Å²) in [6.07, 6.45) is 6.50. The van der Waals surface area contributed by atoms with Crippen LogP contribution in [0.25, 0.3) is 0 Å². The van der Waals surface area contributed by atoms with Crippen LogP contribution < -0.4 is 5.73 Å². The molecular weight excluding hydrogens is 126 g/mol. The van der Waals surface area contributed by atoms with Crippen LogP contribution in [0, 0.1) is 12.3 Å². The second kappa shape index (κ2) is 3.62. The van der Waals surface area contributed by atoms with Crippen molar-refractivity contribution in [2.75, 3.05) is 0 Å².